The van der Waals surface area contributed by atoms with Crippen molar-refractivity contribution in [1.82, 2.24) is 10.6 Å². The van der Waals surface area contributed by atoms with Crippen LogP contribution in [0.15, 0.2) is 46.8 Å². The first-order valence-electron chi connectivity index (χ1n) is 8.99. The fraction of sp³-hybridized carbons (Fsp3) is 0.400. The Bertz CT molecular complexity index is 719. The molecule has 27 heavy (non-hydrogen) atoms. The molecular weight excluding hydrogens is 471 g/mol. The van der Waals surface area contributed by atoms with Gasteiger partial charge in [0.25, 0.3) is 0 Å². The van der Waals surface area contributed by atoms with Crippen LogP contribution in [-0.2, 0) is 17.8 Å². The standard InChI is InChI=1S/C20H28N4OS.HI/c1-4-15(2)19(25)24-17-8-5-7-16(13-17)14-23-20(21-3)22-11-10-18-9-6-12-26-18;/h5-9,12-13,15H,4,10-11,14H2,1-3H3,(H,24,25)(H2,21,22,23);1H. The number of carbonyl (C=O) groups excluding carboxylic acids is 1. The minimum Gasteiger partial charge on any atom is -0.356 e. The van der Waals surface area contributed by atoms with Crippen molar-refractivity contribution < 1.29 is 4.79 Å². The summed E-state index contributed by atoms with van der Waals surface area (Å²) in [4.78, 5) is 17.6. The van der Waals surface area contributed by atoms with Crippen LogP contribution in [0.25, 0.3) is 0 Å². The Morgan fingerprint density at radius 1 is 1.22 bits per heavy atom. The van der Waals surface area contributed by atoms with Crippen LogP contribution < -0.4 is 16.0 Å². The van der Waals surface area contributed by atoms with E-state index in [9.17, 15) is 4.79 Å². The third-order valence-corrected chi connectivity index (χ3v) is 5.12. The van der Waals surface area contributed by atoms with Crippen LogP contribution in [0.3, 0.4) is 0 Å². The Morgan fingerprint density at radius 3 is 2.70 bits per heavy atom. The van der Waals surface area contributed by atoms with Crippen molar-refractivity contribution in [3.63, 3.8) is 0 Å². The summed E-state index contributed by atoms with van der Waals surface area (Å²) in [6, 6.07) is 12.1. The summed E-state index contributed by atoms with van der Waals surface area (Å²) in [6.07, 6.45) is 1.82. The molecule has 0 bridgehead atoms. The molecule has 7 heteroatoms. The second-order valence-corrected chi connectivity index (χ2v) is 7.21. The molecular formula is C20H29IN4OS. The maximum absolute atomic E-state index is 12.0. The van der Waals surface area contributed by atoms with Gasteiger partial charge in [0.15, 0.2) is 5.96 Å². The molecule has 0 aliphatic rings. The molecule has 2 aromatic rings. The van der Waals surface area contributed by atoms with Crippen LogP contribution >= 0.6 is 35.3 Å². The van der Waals surface area contributed by atoms with Crippen molar-refractivity contribution in [2.75, 3.05) is 18.9 Å². The smallest absolute Gasteiger partial charge is 0.227 e. The summed E-state index contributed by atoms with van der Waals surface area (Å²) in [6.45, 7) is 5.44. The first kappa shape index (κ1) is 23.4. The minimum atomic E-state index is 0. The van der Waals surface area contributed by atoms with E-state index in [1.54, 1.807) is 18.4 Å². The van der Waals surface area contributed by atoms with Gasteiger partial charge in [-0.1, -0.05) is 32.0 Å². The predicted octanol–water partition coefficient (Wildman–Crippen LogP) is 4.26. The van der Waals surface area contributed by atoms with Crippen molar-refractivity contribution in [1.29, 1.82) is 0 Å². The summed E-state index contributed by atoms with van der Waals surface area (Å²) in [5.74, 6) is 0.849. The van der Waals surface area contributed by atoms with Crippen LogP contribution in [0.1, 0.15) is 30.7 Å². The fourth-order valence-electron chi connectivity index (χ4n) is 2.38. The van der Waals surface area contributed by atoms with Crippen molar-refractivity contribution in [3.05, 3.63) is 52.2 Å². The van der Waals surface area contributed by atoms with Crippen LogP contribution in [0.5, 0.6) is 0 Å². The van der Waals surface area contributed by atoms with Gasteiger partial charge in [0, 0.05) is 36.6 Å². The second-order valence-electron chi connectivity index (χ2n) is 6.18. The van der Waals surface area contributed by atoms with Gasteiger partial charge < -0.3 is 16.0 Å². The number of aliphatic imine (C=N–C) groups is 1. The van der Waals surface area contributed by atoms with Gasteiger partial charge in [-0.25, -0.2) is 0 Å². The average Bonchev–Trinajstić information content (AvgIpc) is 3.17. The van der Waals surface area contributed by atoms with Gasteiger partial charge >= 0.3 is 0 Å². The molecule has 5 nitrogen and oxygen atoms in total. The maximum Gasteiger partial charge on any atom is 0.227 e. The molecule has 1 unspecified atom stereocenters. The summed E-state index contributed by atoms with van der Waals surface area (Å²) in [5.41, 5.74) is 1.92. The Hall–Kier alpha value is -1.61. The number of anilines is 1. The monoisotopic (exact) mass is 500 g/mol. The molecule has 0 fully saturated rings. The minimum absolute atomic E-state index is 0. The topological polar surface area (TPSA) is 65.5 Å². The predicted molar refractivity (Wildman–Crippen MR) is 126 cm³/mol. The van der Waals surface area contributed by atoms with Crippen LogP contribution in [0.4, 0.5) is 5.69 Å². The van der Waals surface area contributed by atoms with Crippen LogP contribution in [0, 0.1) is 5.92 Å². The van der Waals surface area contributed by atoms with E-state index in [4.69, 9.17) is 0 Å². The molecule has 1 heterocycles. The average molecular weight is 500 g/mol. The number of hydrogen-bond donors (Lipinski definition) is 3. The lowest BCUT2D eigenvalue weighted by Gasteiger charge is -2.13. The van der Waals surface area contributed by atoms with Crippen molar-refractivity contribution >= 4 is 52.9 Å². The third-order valence-electron chi connectivity index (χ3n) is 4.18. The lowest BCUT2D eigenvalue weighted by Crippen LogP contribution is -2.37. The molecule has 1 atom stereocenters. The lowest BCUT2D eigenvalue weighted by molar-refractivity contribution is -0.119. The molecule has 148 valence electrons. The highest BCUT2D eigenvalue weighted by Crippen LogP contribution is 2.13. The van der Waals surface area contributed by atoms with Gasteiger partial charge in [0.05, 0.1) is 0 Å². The second kappa shape index (κ2) is 12.7. The number of thiophene rings is 1. The molecule has 0 aliphatic carbocycles. The van der Waals surface area contributed by atoms with E-state index < -0.39 is 0 Å². The van der Waals surface area contributed by atoms with E-state index in [-0.39, 0.29) is 35.8 Å². The van der Waals surface area contributed by atoms with E-state index in [2.05, 4.69) is 38.5 Å². The molecule has 0 saturated heterocycles. The molecule has 0 radical (unpaired) electrons. The van der Waals surface area contributed by atoms with Crippen molar-refractivity contribution in [2.45, 2.75) is 33.2 Å². The zero-order valence-corrected chi connectivity index (χ0v) is 19.3. The molecule has 1 amide bonds. The first-order chi connectivity index (χ1) is 12.6. The molecule has 1 aromatic heterocycles. The summed E-state index contributed by atoms with van der Waals surface area (Å²) >= 11 is 1.77. The normalized spacial score (nSPS) is 12.0. The summed E-state index contributed by atoms with van der Waals surface area (Å²) in [5, 5.41) is 11.7. The number of halogens is 1. The molecule has 0 spiro atoms. The number of nitrogens with one attached hydrogen (secondary N) is 3. The van der Waals surface area contributed by atoms with Gasteiger partial charge in [0.2, 0.25) is 5.91 Å². The lowest BCUT2D eigenvalue weighted by atomic mass is 10.1. The first-order valence-corrected chi connectivity index (χ1v) is 9.87. The highest BCUT2D eigenvalue weighted by atomic mass is 127. The fourth-order valence-corrected chi connectivity index (χ4v) is 3.08. The maximum atomic E-state index is 12.0. The van der Waals surface area contributed by atoms with Crippen molar-refractivity contribution in [2.24, 2.45) is 10.9 Å². The van der Waals surface area contributed by atoms with E-state index in [1.165, 1.54) is 4.88 Å². The van der Waals surface area contributed by atoms with E-state index >= 15 is 0 Å². The SMILES string of the molecule is CCC(C)C(=O)Nc1cccc(CNC(=NC)NCCc2cccs2)c1.I. The Balaban J connectivity index is 0.00000364. The highest BCUT2D eigenvalue weighted by molar-refractivity contribution is 14.0. The Kier molecular flexibility index (Phi) is 11.0. The third kappa shape index (κ3) is 8.30. The van der Waals surface area contributed by atoms with Gasteiger partial charge in [-0.05, 0) is 42.0 Å². The van der Waals surface area contributed by atoms with Gasteiger partial charge in [-0.15, -0.1) is 35.3 Å². The zero-order valence-electron chi connectivity index (χ0n) is 16.1. The van der Waals surface area contributed by atoms with E-state index in [0.29, 0.717) is 6.54 Å². The Labute approximate surface area is 183 Å². The summed E-state index contributed by atoms with van der Waals surface area (Å²) in [7, 11) is 1.77. The molecule has 3 N–H and O–H groups in total. The zero-order chi connectivity index (χ0) is 18.8. The van der Waals surface area contributed by atoms with Gasteiger partial charge in [0.1, 0.15) is 0 Å². The quantitative estimate of drug-likeness (QED) is 0.288. The molecule has 2 rings (SSSR count). The highest BCUT2D eigenvalue weighted by Gasteiger charge is 2.10. The largest absolute Gasteiger partial charge is 0.356 e. The summed E-state index contributed by atoms with van der Waals surface area (Å²) < 4.78 is 0. The van der Waals surface area contributed by atoms with Crippen LogP contribution in [0.2, 0.25) is 0 Å². The van der Waals surface area contributed by atoms with Crippen LogP contribution in [-0.4, -0.2) is 25.5 Å². The van der Waals surface area contributed by atoms with Crippen molar-refractivity contribution in [3.8, 4) is 0 Å². The number of hydrogen-bond acceptors (Lipinski definition) is 3. The van der Waals surface area contributed by atoms with E-state index in [1.807, 2.05) is 38.1 Å². The number of amides is 1. The number of benzene rings is 1. The number of guanidine groups is 1. The molecule has 0 saturated carbocycles. The number of nitrogens with zero attached hydrogens (tertiary/aromatic N) is 1. The Morgan fingerprint density at radius 2 is 2.04 bits per heavy atom. The molecule has 1 aromatic carbocycles. The number of rotatable bonds is 8. The van der Waals surface area contributed by atoms with E-state index in [0.717, 1.165) is 36.6 Å². The molecule has 0 aliphatic heterocycles. The number of carbonyl (C=O) groups is 1. The van der Waals surface area contributed by atoms with Gasteiger partial charge in [-0.2, -0.15) is 0 Å². The van der Waals surface area contributed by atoms with Gasteiger partial charge in [-0.3, -0.25) is 9.79 Å².